The molecule has 35 heavy (non-hydrogen) atoms. The summed E-state index contributed by atoms with van der Waals surface area (Å²) in [6.45, 7) is 10.0. The number of H-pyrrole nitrogens is 1. The fraction of sp³-hybridized carbons (Fsp3) is 0.417. The van der Waals surface area contributed by atoms with E-state index in [1.54, 1.807) is 6.08 Å². The van der Waals surface area contributed by atoms with Gasteiger partial charge in [0.05, 0.1) is 6.61 Å². The van der Waals surface area contributed by atoms with Crippen LogP contribution >= 0.6 is 0 Å². The monoisotopic (exact) mass is 484 g/mol. The van der Waals surface area contributed by atoms with Gasteiger partial charge >= 0.3 is 5.69 Å². The van der Waals surface area contributed by atoms with Crippen molar-refractivity contribution in [2.45, 2.75) is 41.2 Å². The standard InChI is InChI=1S/C24H32N6O5/c1-14(2)13-29-22(25)21(23(32)26-24(29)33)28(9-10-34-6)20(31)8-7-18-11-15(3)30(17(18)5)19-12-16(4)35-27-19/h7-8,11-12,14H,9-10,13,25H2,1-6H3,(H,26,32,33). The minimum atomic E-state index is -0.732. The van der Waals surface area contributed by atoms with Crippen molar-refractivity contribution in [3.63, 3.8) is 0 Å². The number of carbonyl (C=O) groups is 1. The average Bonchev–Trinajstić information content (AvgIpc) is 3.32. The normalized spacial score (nSPS) is 11.6. The van der Waals surface area contributed by atoms with E-state index in [1.165, 1.54) is 22.7 Å². The number of nitrogens with two attached hydrogens (primary N) is 1. The van der Waals surface area contributed by atoms with Gasteiger partial charge in [0.25, 0.3) is 11.5 Å². The largest absolute Gasteiger partial charge is 0.383 e. The number of rotatable bonds is 9. The molecule has 0 radical (unpaired) electrons. The van der Waals surface area contributed by atoms with E-state index in [0.717, 1.165) is 17.0 Å². The van der Waals surface area contributed by atoms with Crippen LogP contribution < -0.4 is 21.9 Å². The number of nitrogen functional groups attached to an aromatic ring is 1. The van der Waals surface area contributed by atoms with E-state index in [-0.39, 0.29) is 30.6 Å². The van der Waals surface area contributed by atoms with Crippen molar-refractivity contribution in [1.82, 2.24) is 19.3 Å². The van der Waals surface area contributed by atoms with Gasteiger partial charge in [-0.3, -0.25) is 28.6 Å². The highest BCUT2D eigenvalue weighted by Crippen LogP contribution is 2.23. The topological polar surface area (TPSA) is 141 Å². The maximum Gasteiger partial charge on any atom is 0.330 e. The number of methoxy groups -OCH3 is 1. The van der Waals surface area contributed by atoms with Crippen molar-refractivity contribution in [1.29, 1.82) is 0 Å². The molecule has 0 spiro atoms. The van der Waals surface area contributed by atoms with Crippen LogP contribution in [0, 0.1) is 26.7 Å². The van der Waals surface area contributed by atoms with E-state index >= 15 is 0 Å². The van der Waals surface area contributed by atoms with Gasteiger partial charge in [-0.1, -0.05) is 19.0 Å². The van der Waals surface area contributed by atoms with Crippen LogP contribution in [0.2, 0.25) is 0 Å². The Morgan fingerprint density at radius 2 is 2.00 bits per heavy atom. The number of hydrogen-bond donors (Lipinski definition) is 2. The van der Waals surface area contributed by atoms with Crippen LogP contribution in [0.4, 0.5) is 11.5 Å². The number of aryl methyl sites for hydroxylation is 2. The molecule has 3 heterocycles. The lowest BCUT2D eigenvalue weighted by molar-refractivity contribution is -0.114. The molecule has 0 unspecified atom stereocenters. The molecule has 3 aromatic heterocycles. The average molecular weight is 485 g/mol. The number of carbonyl (C=O) groups excluding carboxylic acids is 1. The zero-order valence-corrected chi connectivity index (χ0v) is 20.9. The number of aromatic nitrogens is 4. The molecule has 0 fully saturated rings. The van der Waals surface area contributed by atoms with Gasteiger partial charge in [-0.05, 0) is 44.4 Å². The molecule has 0 bridgehead atoms. The van der Waals surface area contributed by atoms with E-state index in [4.69, 9.17) is 15.0 Å². The lowest BCUT2D eigenvalue weighted by Crippen LogP contribution is -2.42. The maximum absolute atomic E-state index is 13.3. The third-order valence-electron chi connectivity index (χ3n) is 5.54. The Morgan fingerprint density at radius 3 is 2.60 bits per heavy atom. The molecule has 188 valence electrons. The fourth-order valence-electron chi connectivity index (χ4n) is 3.92. The highest BCUT2D eigenvalue weighted by Gasteiger charge is 2.23. The molecular weight excluding hydrogens is 452 g/mol. The highest BCUT2D eigenvalue weighted by atomic mass is 16.5. The van der Waals surface area contributed by atoms with Gasteiger partial charge in [0.15, 0.2) is 11.5 Å². The molecule has 0 aliphatic heterocycles. The molecule has 3 rings (SSSR count). The van der Waals surface area contributed by atoms with E-state index in [1.807, 2.05) is 51.3 Å². The number of amides is 1. The second kappa shape index (κ2) is 10.6. The number of aromatic amines is 1. The molecule has 0 saturated heterocycles. The van der Waals surface area contributed by atoms with Gasteiger partial charge in [-0.2, -0.15) is 0 Å². The van der Waals surface area contributed by atoms with E-state index in [2.05, 4.69) is 10.1 Å². The lowest BCUT2D eigenvalue weighted by Gasteiger charge is -2.23. The smallest absolute Gasteiger partial charge is 0.330 e. The summed E-state index contributed by atoms with van der Waals surface area (Å²) < 4.78 is 13.5. The Hall–Kier alpha value is -3.86. The predicted molar refractivity (Wildman–Crippen MR) is 134 cm³/mol. The first-order valence-electron chi connectivity index (χ1n) is 11.3. The SMILES string of the molecule is COCCN(C(=O)C=Cc1cc(C)n(-c2cc(C)on2)c1C)c1c(N)n(CC(C)C)c(=O)[nH]c1=O. The fourth-order valence-corrected chi connectivity index (χ4v) is 3.92. The third kappa shape index (κ3) is 5.46. The van der Waals surface area contributed by atoms with Crippen LogP contribution in [0.15, 0.2) is 32.3 Å². The first-order valence-corrected chi connectivity index (χ1v) is 11.3. The number of ether oxygens (including phenoxy) is 1. The zero-order valence-electron chi connectivity index (χ0n) is 20.9. The summed E-state index contributed by atoms with van der Waals surface area (Å²) in [6.07, 6.45) is 3.04. The Balaban J connectivity index is 2.00. The molecular formula is C24H32N6O5. The number of nitrogens with one attached hydrogen (secondary N) is 1. The van der Waals surface area contributed by atoms with Crippen LogP contribution in [0.5, 0.6) is 0 Å². The quantitative estimate of drug-likeness (QED) is 0.443. The summed E-state index contributed by atoms with van der Waals surface area (Å²) in [7, 11) is 1.49. The lowest BCUT2D eigenvalue weighted by atomic mass is 10.2. The van der Waals surface area contributed by atoms with Crippen molar-refractivity contribution in [3.8, 4) is 5.82 Å². The summed E-state index contributed by atoms with van der Waals surface area (Å²) in [6, 6.07) is 3.75. The van der Waals surface area contributed by atoms with Gasteiger partial charge in [0.1, 0.15) is 11.6 Å². The van der Waals surface area contributed by atoms with E-state index in [9.17, 15) is 14.4 Å². The van der Waals surface area contributed by atoms with E-state index < -0.39 is 17.2 Å². The van der Waals surface area contributed by atoms with E-state index in [0.29, 0.717) is 18.1 Å². The predicted octanol–water partition coefficient (Wildman–Crippen LogP) is 2.17. The van der Waals surface area contributed by atoms with Gasteiger partial charge in [-0.25, -0.2) is 4.79 Å². The van der Waals surface area contributed by atoms with Gasteiger partial charge in [0.2, 0.25) is 0 Å². The number of hydrogen-bond acceptors (Lipinski definition) is 7. The molecule has 3 N–H and O–H groups in total. The number of anilines is 2. The second-order valence-electron chi connectivity index (χ2n) is 8.77. The molecule has 0 aromatic carbocycles. The van der Waals surface area contributed by atoms with Crippen LogP contribution in [0.25, 0.3) is 11.9 Å². The molecule has 1 amide bonds. The van der Waals surface area contributed by atoms with Gasteiger partial charge in [-0.15, -0.1) is 0 Å². The van der Waals surface area contributed by atoms with Crippen LogP contribution in [0.3, 0.4) is 0 Å². The third-order valence-corrected chi connectivity index (χ3v) is 5.54. The summed E-state index contributed by atoms with van der Waals surface area (Å²) in [4.78, 5) is 41.8. The summed E-state index contributed by atoms with van der Waals surface area (Å²) in [5.74, 6) is 0.897. The maximum atomic E-state index is 13.3. The first-order chi connectivity index (χ1) is 16.5. The zero-order chi connectivity index (χ0) is 25.9. The van der Waals surface area contributed by atoms with Gasteiger partial charge < -0.3 is 15.0 Å². The molecule has 11 heteroatoms. The second-order valence-corrected chi connectivity index (χ2v) is 8.77. The summed E-state index contributed by atoms with van der Waals surface area (Å²) >= 11 is 0. The molecule has 0 saturated carbocycles. The summed E-state index contributed by atoms with van der Waals surface area (Å²) in [5.41, 5.74) is 7.38. The van der Waals surface area contributed by atoms with Crippen molar-refractivity contribution >= 4 is 23.5 Å². The molecule has 0 aliphatic carbocycles. The highest BCUT2D eigenvalue weighted by molar-refractivity contribution is 6.05. The first kappa shape index (κ1) is 25.8. The number of nitrogens with zero attached hydrogens (tertiary/aromatic N) is 4. The van der Waals surface area contributed by atoms with Crippen molar-refractivity contribution < 1.29 is 14.1 Å². The van der Waals surface area contributed by atoms with Crippen LogP contribution in [-0.4, -0.2) is 45.4 Å². The Bertz CT molecular complexity index is 1360. The van der Waals surface area contributed by atoms with Crippen LogP contribution in [-0.2, 0) is 16.1 Å². The molecule has 0 atom stereocenters. The molecule has 0 aliphatic rings. The molecule has 3 aromatic rings. The Labute approximate surface area is 202 Å². The van der Waals surface area contributed by atoms with Crippen molar-refractivity contribution in [2.75, 3.05) is 30.9 Å². The van der Waals surface area contributed by atoms with Crippen LogP contribution in [0.1, 0.15) is 36.6 Å². The van der Waals surface area contributed by atoms with Crippen molar-refractivity contribution in [3.05, 3.63) is 61.8 Å². The minimum Gasteiger partial charge on any atom is -0.383 e. The Kier molecular flexibility index (Phi) is 7.80. The summed E-state index contributed by atoms with van der Waals surface area (Å²) in [5, 5.41) is 4.07. The minimum absolute atomic E-state index is 0.0649. The van der Waals surface area contributed by atoms with Gasteiger partial charge in [0, 0.05) is 43.7 Å². The Morgan fingerprint density at radius 1 is 1.29 bits per heavy atom. The molecule has 11 nitrogen and oxygen atoms in total. The van der Waals surface area contributed by atoms with Crippen molar-refractivity contribution in [2.24, 2.45) is 5.92 Å².